The van der Waals surface area contributed by atoms with Crippen LogP contribution in [0.4, 0.5) is 0 Å². The fourth-order valence-electron chi connectivity index (χ4n) is 3.25. The van der Waals surface area contributed by atoms with Crippen LogP contribution >= 0.6 is 0 Å². The Kier molecular flexibility index (Phi) is 3.61. The summed E-state index contributed by atoms with van der Waals surface area (Å²) >= 11 is 0. The van der Waals surface area contributed by atoms with Crippen molar-refractivity contribution < 1.29 is 4.74 Å². The average molecular weight is 260 g/mol. The SMILES string of the molecule is CC1(C)CN(Cc2cccc3c2CCNC3)CCO1. The number of hydrogen-bond acceptors (Lipinski definition) is 3. The van der Waals surface area contributed by atoms with Crippen molar-refractivity contribution in [2.75, 3.05) is 26.2 Å². The van der Waals surface area contributed by atoms with Gasteiger partial charge in [-0.25, -0.2) is 0 Å². The highest BCUT2D eigenvalue weighted by atomic mass is 16.5. The Balaban J connectivity index is 1.76. The summed E-state index contributed by atoms with van der Waals surface area (Å²) < 4.78 is 5.79. The van der Waals surface area contributed by atoms with Crippen molar-refractivity contribution >= 4 is 0 Å². The van der Waals surface area contributed by atoms with E-state index in [0.717, 1.165) is 39.3 Å². The Bertz CT molecular complexity index is 456. The molecule has 2 aliphatic heterocycles. The summed E-state index contributed by atoms with van der Waals surface area (Å²) in [7, 11) is 0. The van der Waals surface area contributed by atoms with Crippen LogP contribution in [0.5, 0.6) is 0 Å². The van der Waals surface area contributed by atoms with Crippen molar-refractivity contribution in [3.8, 4) is 0 Å². The van der Waals surface area contributed by atoms with Gasteiger partial charge in [0.1, 0.15) is 0 Å². The van der Waals surface area contributed by atoms with Gasteiger partial charge in [-0.15, -0.1) is 0 Å². The smallest absolute Gasteiger partial charge is 0.0753 e. The van der Waals surface area contributed by atoms with E-state index in [-0.39, 0.29) is 5.60 Å². The maximum Gasteiger partial charge on any atom is 0.0753 e. The summed E-state index contributed by atoms with van der Waals surface area (Å²) in [4.78, 5) is 2.53. The van der Waals surface area contributed by atoms with Crippen LogP contribution in [0, 0.1) is 0 Å². The lowest BCUT2D eigenvalue weighted by Gasteiger charge is -2.38. The van der Waals surface area contributed by atoms with E-state index in [4.69, 9.17) is 4.74 Å². The third-order valence-corrected chi connectivity index (χ3v) is 4.14. The standard InChI is InChI=1S/C16H24N2O/c1-16(2)12-18(8-9-19-16)11-14-5-3-4-13-10-17-7-6-15(13)14/h3-5,17H,6-12H2,1-2H3. The number of ether oxygens (including phenoxy) is 1. The largest absolute Gasteiger partial charge is 0.373 e. The summed E-state index contributed by atoms with van der Waals surface area (Å²) in [5, 5.41) is 3.45. The summed E-state index contributed by atoms with van der Waals surface area (Å²) in [6.07, 6.45) is 1.17. The summed E-state index contributed by atoms with van der Waals surface area (Å²) in [6, 6.07) is 6.76. The predicted octanol–water partition coefficient (Wildman–Crippen LogP) is 1.94. The highest BCUT2D eigenvalue weighted by molar-refractivity contribution is 5.37. The fourth-order valence-corrected chi connectivity index (χ4v) is 3.25. The second-order valence-electron chi connectivity index (χ2n) is 6.30. The minimum atomic E-state index is -0.00531. The van der Waals surface area contributed by atoms with Gasteiger partial charge in [-0.05, 0) is 43.5 Å². The van der Waals surface area contributed by atoms with E-state index in [1.54, 1.807) is 5.56 Å². The average Bonchev–Trinajstić information content (AvgIpc) is 2.38. The van der Waals surface area contributed by atoms with Crippen molar-refractivity contribution in [3.05, 3.63) is 34.9 Å². The van der Waals surface area contributed by atoms with E-state index in [1.165, 1.54) is 17.5 Å². The van der Waals surface area contributed by atoms with Crippen molar-refractivity contribution in [1.82, 2.24) is 10.2 Å². The highest BCUT2D eigenvalue weighted by Crippen LogP contribution is 2.23. The van der Waals surface area contributed by atoms with Crippen LogP contribution in [-0.2, 0) is 24.2 Å². The maximum absolute atomic E-state index is 5.79. The molecule has 3 nitrogen and oxygen atoms in total. The van der Waals surface area contributed by atoms with Crippen LogP contribution in [0.15, 0.2) is 18.2 Å². The zero-order valence-electron chi connectivity index (χ0n) is 12.0. The molecule has 2 aliphatic rings. The van der Waals surface area contributed by atoms with Crippen LogP contribution in [0.25, 0.3) is 0 Å². The molecule has 1 fully saturated rings. The van der Waals surface area contributed by atoms with Gasteiger partial charge in [0.05, 0.1) is 12.2 Å². The molecule has 0 aromatic heterocycles. The first-order chi connectivity index (χ1) is 9.14. The molecule has 0 bridgehead atoms. The number of fused-ring (bicyclic) bond motifs is 1. The second-order valence-corrected chi connectivity index (χ2v) is 6.30. The molecule has 104 valence electrons. The third kappa shape index (κ3) is 2.99. The molecule has 0 radical (unpaired) electrons. The van der Waals surface area contributed by atoms with Gasteiger partial charge < -0.3 is 10.1 Å². The molecule has 0 unspecified atom stereocenters. The number of hydrogen-bond donors (Lipinski definition) is 1. The molecule has 3 rings (SSSR count). The molecular formula is C16H24N2O. The summed E-state index contributed by atoms with van der Waals surface area (Å²) in [5.41, 5.74) is 4.56. The minimum absolute atomic E-state index is 0.00531. The lowest BCUT2D eigenvalue weighted by molar-refractivity contribution is -0.0883. The van der Waals surface area contributed by atoms with Crippen molar-refractivity contribution in [1.29, 1.82) is 0 Å². The highest BCUT2D eigenvalue weighted by Gasteiger charge is 2.27. The second kappa shape index (κ2) is 5.23. The van der Waals surface area contributed by atoms with E-state index in [2.05, 4.69) is 42.3 Å². The minimum Gasteiger partial charge on any atom is -0.373 e. The number of benzene rings is 1. The first kappa shape index (κ1) is 13.1. The molecular weight excluding hydrogens is 236 g/mol. The first-order valence-electron chi connectivity index (χ1n) is 7.31. The number of morpholine rings is 1. The molecule has 1 N–H and O–H groups in total. The number of nitrogens with zero attached hydrogens (tertiary/aromatic N) is 1. The zero-order chi connectivity index (χ0) is 13.3. The predicted molar refractivity (Wildman–Crippen MR) is 77.2 cm³/mol. The normalized spacial score (nSPS) is 23.1. The van der Waals surface area contributed by atoms with Crippen LogP contribution in [-0.4, -0.2) is 36.7 Å². The van der Waals surface area contributed by atoms with Gasteiger partial charge in [-0.3, -0.25) is 4.90 Å². The Labute approximate surface area is 115 Å². The number of rotatable bonds is 2. The lowest BCUT2D eigenvalue weighted by atomic mass is 9.95. The molecule has 1 aromatic carbocycles. The fraction of sp³-hybridized carbons (Fsp3) is 0.625. The summed E-state index contributed by atoms with van der Waals surface area (Å²) in [6.45, 7) is 10.5. The van der Waals surface area contributed by atoms with Crippen molar-refractivity contribution in [2.45, 2.75) is 39.0 Å². The third-order valence-electron chi connectivity index (χ3n) is 4.14. The zero-order valence-corrected chi connectivity index (χ0v) is 12.0. The van der Waals surface area contributed by atoms with Gasteiger partial charge in [0.15, 0.2) is 0 Å². The number of nitrogens with one attached hydrogen (secondary N) is 1. The molecule has 0 amide bonds. The van der Waals surface area contributed by atoms with Crippen molar-refractivity contribution in [3.63, 3.8) is 0 Å². The first-order valence-corrected chi connectivity index (χ1v) is 7.31. The quantitative estimate of drug-likeness (QED) is 0.879. The molecule has 3 heteroatoms. The van der Waals surface area contributed by atoms with Gasteiger partial charge in [-0.1, -0.05) is 18.2 Å². The molecule has 0 spiro atoms. The Morgan fingerprint density at radius 3 is 3.11 bits per heavy atom. The van der Waals surface area contributed by atoms with E-state index < -0.39 is 0 Å². The Morgan fingerprint density at radius 1 is 1.37 bits per heavy atom. The van der Waals surface area contributed by atoms with Crippen LogP contribution in [0.2, 0.25) is 0 Å². The van der Waals surface area contributed by atoms with Gasteiger partial charge in [-0.2, -0.15) is 0 Å². The van der Waals surface area contributed by atoms with Gasteiger partial charge in [0.2, 0.25) is 0 Å². The van der Waals surface area contributed by atoms with Gasteiger partial charge in [0.25, 0.3) is 0 Å². The molecule has 0 saturated carbocycles. The maximum atomic E-state index is 5.79. The van der Waals surface area contributed by atoms with Crippen LogP contribution in [0.3, 0.4) is 0 Å². The van der Waals surface area contributed by atoms with Gasteiger partial charge in [0, 0.05) is 26.2 Å². The monoisotopic (exact) mass is 260 g/mol. The molecule has 1 saturated heterocycles. The Hall–Kier alpha value is -0.900. The lowest BCUT2D eigenvalue weighted by Crippen LogP contribution is -2.47. The van der Waals surface area contributed by atoms with Crippen LogP contribution in [0.1, 0.15) is 30.5 Å². The van der Waals surface area contributed by atoms with E-state index in [1.807, 2.05) is 0 Å². The topological polar surface area (TPSA) is 24.5 Å². The van der Waals surface area contributed by atoms with Crippen LogP contribution < -0.4 is 5.32 Å². The summed E-state index contributed by atoms with van der Waals surface area (Å²) in [5.74, 6) is 0. The van der Waals surface area contributed by atoms with E-state index >= 15 is 0 Å². The van der Waals surface area contributed by atoms with E-state index in [9.17, 15) is 0 Å². The molecule has 2 heterocycles. The van der Waals surface area contributed by atoms with Crippen molar-refractivity contribution in [2.24, 2.45) is 0 Å². The van der Waals surface area contributed by atoms with E-state index in [0.29, 0.717) is 0 Å². The Morgan fingerprint density at radius 2 is 2.26 bits per heavy atom. The molecule has 0 atom stereocenters. The molecule has 1 aromatic rings. The van der Waals surface area contributed by atoms with Gasteiger partial charge >= 0.3 is 0 Å². The molecule has 0 aliphatic carbocycles. The molecule has 19 heavy (non-hydrogen) atoms.